The van der Waals surface area contributed by atoms with E-state index in [1.54, 1.807) is 44.2 Å². The molecule has 0 saturated heterocycles. The molecule has 7 heteroatoms. The van der Waals surface area contributed by atoms with Gasteiger partial charge in [0.1, 0.15) is 6.04 Å². The maximum absolute atomic E-state index is 13.2. The second-order valence-corrected chi connectivity index (χ2v) is 6.99. The summed E-state index contributed by atoms with van der Waals surface area (Å²) in [7, 11) is 0. The molecule has 0 aromatic heterocycles. The largest absolute Gasteiger partial charge is 0.480 e. The highest BCUT2D eigenvalue weighted by molar-refractivity contribution is 6.14. The lowest BCUT2D eigenvalue weighted by molar-refractivity contribution is -0.139. The zero-order chi connectivity index (χ0) is 19.3. The zero-order valence-electron chi connectivity index (χ0n) is 14.7. The van der Waals surface area contributed by atoms with Gasteiger partial charge in [-0.05, 0) is 23.8 Å². The summed E-state index contributed by atoms with van der Waals surface area (Å²) in [5.41, 5.74) is 0.796. The number of nitrogens with one attached hydrogen (secondary N) is 1. The number of carbonyl (C=O) groups excluding carboxylic acids is 2. The molecular formula is C20H17NO6. The van der Waals surface area contributed by atoms with E-state index in [0.29, 0.717) is 17.1 Å². The molecule has 0 aliphatic carbocycles. The minimum atomic E-state index is -1.40. The second-order valence-electron chi connectivity index (χ2n) is 6.99. The van der Waals surface area contributed by atoms with Crippen molar-refractivity contribution < 1.29 is 29.0 Å². The lowest BCUT2D eigenvalue weighted by atomic mass is 9.84. The molecule has 2 heterocycles. The molecule has 0 spiro atoms. The molecule has 0 bridgehead atoms. The van der Waals surface area contributed by atoms with Gasteiger partial charge in [0.25, 0.3) is 5.91 Å². The van der Waals surface area contributed by atoms with Gasteiger partial charge < -0.3 is 19.9 Å². The highest BCUT2D eigenvalue weighted by atomic mass is 16.7. The van der Waals surface area contributed by atoms with Crippen molar-refractivity contribution in [1.82, 2.24) is 5.32 Å². The van der Waals surface area contributed by atoms with Crippen molar-refractivity contribution in [2.24, 2.45) is 0 Å². The van der Waals surface area contributed by atoms with E-state index in [1.807, 2.05) is 0 Å². The summed E-state index contributed by atoms with van der Waals surface area (Å²) in [6.07, 6.45) is 0. The molecule has 2 aliphatic rings. The Morgan fingerprint density at radius 2 is 1.70 bits per heavy atom. The Morgan fingerprint density at radius 1 is 1.04 bits per heavy atom. The molecule has 2 N–H and O–H groups in total. The van der Waals surface area contributed by atoms with Gasteiger partial charge in [0, 0.05) is 19.4 Å². The van der Waals surface area contributed by atoms with E-state index >= 15 is 0 Å². The zero-order valence-corrected chi connectivity index (χ0v) is 14.7. The number of hydrogen-bond acceptors (Lipinski definition) is 5. The predicted octanol–water partition coefficient (Wildman–Crippen LogP) is 2.36. The van der Waals surface area contributed by atoms with Crippen molar-refractivity contribution in [3.8, 4) is 11.5 Å². The maximum Gasteiger partial charge on any atom is 0.327 e. The van der Waals surface area contributed by atoms with Crippen molar-refractivity contribution in [3.05, 3.63) is 59.2 Å². The molecule has 4 rings (SSSR count). The van der Waals surface area contributed by atoms with Crippen LogP contribution in [0.25, 0.3) is 0 Å². The van der Waals surface area contributed by atoms with Crippen LogP contribution < -0.4 is 14.8 Å². The number of aliphatic carboxylic acids is 1. The molecule has 0 unspecified atom stereocenters. The van der Waals surface area contributed by atoms with E-state index in [-0.39, 0.29) is 11.1 Å². The van der Waals surface area contributed by atoms with E-state index in [4.69, 9.17) is 9.47 Å². The molecule has 0 saturated carbocycles. The van der Waals surface area contributed by atoms with Crippen LogP contribution in [0.1, 0.15) is 46.0 Å². The Labute approximate surface area is 154 Å². The van der Waals surface area contributed by atoms with Gasteiger partial charge in [0.05, 0.1) is 11.5 Å². The number of ether oxygens (including phenoxy) is 2. The molecule has 138 valence electrons. The van der Waals surface area contributed by atoms with E-state index in [9.17, 15) is 19.5 Å². The number of fused-ring (bicyclic) bond motifs is 2. The average Bonchev–Trinajstić information content (AvgIpc) is 2.87. The number of Topliss-reactive ketones (excluding diaryl/α,β-unsaturated/α-hetero) is 1. The number of ketones is 1. The van der Waals surface area contributed by atoms with Gasteiger partial charge in [-0.1, -0.05) is 24.3 Å². The molecule has 0 fully saturated rings. The third-order valence-electron chi connectivity index (χ3n) is 4.64. The number of carbonyl (C=O) groups is 3. The van der Waals surface area contributed by atoms with E-state index in [1.165, 1.54) is 12.1 Å². The topological polar surface area (TPSA) is 102 Å². The van der Waals surface area contributed by atoms with Gasteiger partial charge in [-0.2, -0.15) is 0 Å². The lowest BCUT2D eigenvalue weighted by Crippen LogP contribution is -2.45. The minimum Gasteiger partial charge on any atom is -0.480 e. The smallest absolute Gasteiger partial charge is 0.327 e. The SMILES string of the molecule is CC1(C)Oc2ccc([C@H]3C(=O)c4ccccc4C(=O)N[C@@H]3C(=O)O)cc2O1. The number of benzene rings is 2. The second kappa shape index (κ2) is 5.84. The van der Waals surface area contributed by atoms with Gasteiger partial charge in [-0.25, -0.2) is 4.79 Å². The van der Waals surface area contributed by atoms with Gasteiger partial charge in [0.2, 0.25) is 5.79 Å². The Kier molecular flexibility index (Phi) is 3.69. The standard InChI is InChI=1S/C20H17NO6/c1-20(2)26-13-8-7-10(9-14(13)27-20)15-16(19(24)25)21-18(23)12-6-4-3-5-11(12)17(15)22/h3-9,15-16H,1-2H3,(H,21,23)(H,24,25)/t15-,16+/m1/s1. The van der Waals surface area contributed by atoms with Crippen molar-refractivity contribution in [2.45, 2.75) is 31.6 Å². The fourth-order valence-electron chi connectivity index (χ4n) is 3.50. The summed E-state index contributed by atoms with van der Waals surface area (Å²) >= 11 is 0. The maximum atomic E-state index is 13.2. The van der Waals surface area contributed by atoms with Gasteiger partial charge >= 0.3 is 5.97 Å². The van der Waals surface area contributed by atoms with Crippen LogP contribution in [0, 0.1) is 0 Å². The Morgan fingerprint density at radius 3 is 2.41 bits per heavy atom. The first-order chi connectivity index (χ1) is 12.8. The van der Waals surface area contributed by atoms with Gasteiger partial charge in [0.15, 0.2) is 17.3 Å². The highest BCUT2D eigenvalue weighted by Crippen LogP contribution is 2.42. The third-order valence-corrected chi connectivity index (χ3v) is 4.64. The van der Waals surface area contributed by atoms with Crippen LogP contribution in [-0.2, 0) is 4.79 Å². The van der Waals surface area contributed by atoms with Crippen LogP contribution in [-0.4, -0.2) is 34.6 Å². The first-order valence-electron chi connectivity index (χ1n) is 8.46. The van der Waals surface area contributed by atoms with Crippen LogP contribution >= 0.6 is 0 Å². The van der Waals surface area contributed by atoms with Gasteiger partial charge in [-0.15, -0.1) is 0 Å². The highest BCUT2D eigenvalue weighted by Gasteiger charge is 2.42. The molecule has 2 aliphatic heterocycles. The van der Waals surface area contributed by atoms with Crippen molar-refractivity contribution >= 4 is 17.7 Å². The fourth-order valence-corrected chi connectivity index (χ4v) is 3.50. The summed E-state index contributed by atoms with van der Waals surface area (Å²) in [6, 6.07) is 9.78. The van der Waals surface area contributed by atoms with Crippen molar-refractivity contribution in [2.75, 3.05) is 0 Å². The van der Waals surface area contributed by atoms with Crippen LogP contribution in [0.4, 0.5) is 0 Å². The Hall–Kier alpha value is -3.35. The molecular weight excluding hydrogens is 350 g/mol. The summed E-state index contributed by atoms with van der Waals surface area (Å²) in [5, 5.41) is 12.1. The summed E-state index contributed by atoms with van der Waals surface area (Å²) < 4.78 is 11.4. The van der Waals surface area contributed by atoms with E-state index < -0.39 is 35.4 Å². The molecule has 0 radical (unpaired) electrons. The van der Waals surface area contributed by atoms with Crippen LogP contribution in [0.15, 0.2) is 42.5 Å². The summed E-state index contributed by atoms with van der Waals surface area (Å²) in [4.78, 5) is 37.5. The fraction of sp³-hybridized carbons (Fsp3) is 0.250. The molecule has 2 aromatic carbocycles. The molecule has 27 heavy (non-hydrogen) atoms. The quantitative estimate of drug-likeness (QED) is 0.845. The molecule has 1 amide bonds. The normalized spacial score (nSPS) is 22.6. The predicted molar refractivity (Wildman–Crippen MR) is 94.2 cm³/mol. The number of carboxylic acid groups (broad SMARTS) is 1. The first kappa shape index (κ1) is 17.1. The first-order valence-corrected chi connectivity index (χ1v) is 8.46. The minimum absolute atomic E-state index is 0.165. The third kappa shape index (κ3) is 2.81. The number of rotatable bonds is 2. The monoisotopic (exact) mass is 367 g/mol. The van der Waals surface area contributed by atoms with Crippen LogP contribution in [0.3, 0.4) is 0 Å². The van der Waals surface area contributed by atoms with E-state index in [2.05, 4.69) is 5.32 Å². The molecule has 2 atom stereocenters. The summed E-state index contributed by atoms with van der Waals surface area (Å²) in [6.45, 7) is 3.50. The Balaban J connectivity index is 1.84. The molecule has 7 nitrogen and oxygen atoms in total. The lowest BCUT2D eigenvalue weighted by Gasteiger charge is -2.21. The summed E-state index contributed by atoms with van der Waals surface area (Å²) in [5.74, 6) is -3.30. The van der Waals surface area contributed by atoms with Crippen LogP contribution in [0.2, 0.25) is 0 Å². The number of carboxylic acids is 1. The number of hydrogen-bond donors (Lipinski definition) is 2. The number of amides is 1. The van der Waals surface area contributed by atoms with Crippen molar-refractivity contribution in [1.29, 1.82) is 0 Å². The Bertz CT molecular complexity index is 980. The average molecular weight is 367 g/mol. The van der Waals surface area contributed by atoms with Crippen molar-refractivity contribution in [3.63, 3.8) is 0 Å². The van der Waals surface area contributed by atoms with Gasteiger partial charge in [-0.3, -0.25) is 9.59 Å². The van der Waals surface area contributed by atoms with Crippen LogP contribution in [0.5, 0.6) is 11.5 Å². The molecule has 2 aromatic rings. The van der Waals surface area contributed by atoms with E-state index in [0.717, 1.165) is 0 Å².